The fourth-order valence-electron chi connectivity index (χ4n) is 1.86. The highest BCUT2D eigenvalue weighted by molar-refractivity contribution is 7.85. The second kappa shape index (κ2) is 8.95. The Kier molecular flexibility index (Phi) is 7.61. The van der Waals surface area contributed by atoms with E-state index in [1.807, 2.05) is 31.2 Å². The zero-order valence-electron chi connectivity index (χ0n) is 13.1. The van der Waals surface area contributed by atoms with Gasteiger partial charge in [0.25, 0.3) is 0 Å². The molecule has 0 saturated carbocycles. The van der Waals surface area contributed by atoms with Gasteiger partial charge in [-0.1, -0.05) is 32.9 Å². The van der Waals surface area contributed by atoms with Crippen LogP contribution in [0.4, 0.5) is 5.69 Å². The number of benzene rings is 1. The summed E-state index contributed by atoms with van der Waals surface area (Å²) in [5.74, 6) is 0.937. The van der Waals surface area contributed by atoms with Crippen LogP contribution in [0.15, 0.2) is 24.3 Å². The van der Waals surface area contributed by atoms with Crippen molar-refractivity contribution in [2.24, 2.45) is 11.7 Å². The summed E-state index contributed by atoms with van der Waals surface area (Å²) in [4.78, 5) is 11.9. The Morgan fingerprint density at radius 1 is 1.33 bits per heavy atom. The quantitative estimate of drug-likeness (QED) is 0.775. The predicted octanol–water partition coefficient (Wildman–Crippen LogP) is 2.66. The molecule has 4 nitrogen and oxygen atoms in total. The van der Waals surface area contributed by atoms with E-state index in [2.05, 4.69) is 19.2 Å². The van der Waals surface area contributed by atoms with E-state index in [9.17, 15) is 9.00 Å². The fraction of sp³-hybridized carbons (Fsp3) is 0.562. The molecule has 1 aromatic rings. The highest BCUT2D eigenvalue weighted by Crippen LogP contribution is 2.12. The van der Waals surface area contributed by atoms with E-state index < -0.39 is 10.8 Å². The molecule has 118 valence electrons. The summed E-state index contributed by atoms with van der Waals surface area (Å²) in [6.07, 6.45) is 1.04. The molecule has 0 aliphatic rings. The molecule has 2 unspecified atom stereocenters. The smallest absolute Gasteiger partial charge is 0.224 e. The first-order valence-corrected chi connectivity index (χ1v) is 8.78. The standard InChI is InChI=1S/C16H26N2O2S/c1-12(2)13(3)21(20)9-5-8-16(19)18-15-7-4-6-14(10-15)11-17/h4,6-7,10,12-13H,5,8-9,11,17H2,1-3H3,(H,18,19). The third-order valence-electron chi connectivity index (χ3n) is 3.55. The summed E-state index contributed by atoms with van der Waals surface area (Å²) in [7, 11) is -0.859. The maximum Gasteiger partial charge on any atom is 0.224 e. The lowest BCUT2D eigenvalue weighted by atomic mass is 10.2. The summed E-state index contributed by atoms with van der Waals surface area (Å²) in [6.45, 7) is 6.59. The van der Waals surface area contributed by atoms with Crippen molar-refractivity contribution < 1.29 is 9.00 Å². The van der Waals surface area contributed by atoms with Gasteiger partial charge in [-0.3, -0.25) is 9.00 Å². The Balaban J connectivity index is 2.36. The monoisotopic (exact) mass is 310 g/mol. The molecular formula is C16H26N2O2S. The number of hydrogen-bond acceptors (Lipinski definition) is 3. The van der Waals surface area contributed by atoms with Gasteiger partial charge in [-0.25, -0.2) is 0 Å². The number of nitrogens with one attached hydrogen (secondary N) is 1. The first kappa shape index (κ1) is 17.9. The first-order valence-electron chi connectivity index (χ1n) is 7.40. The molecule has 2 atom stereocenters. The molecule has 3 N–H and O–H groups in total. The van der Waals surface area contributed by atoms with Crippen LogP contribution in [0.5, 0.6) is 0 Å². The van der Waals surface area contributed by atoms with Gasteiger partial charge in [0, 0.05) is 40.5 Å². The number of anilines is 1. The van der Waals surface area contributed by atoms with Crippen molar-refractivity contribution in [1.29, 1.82) is 0 Å². The molecule has 21 heavy (non-hydrogen) atoms. The van der Waals surface area contributed by atoms with Gasteiger partial charge in [0.05, 0.1) is 0 Å². The molecule has 0 spiro atoms. The maximum atomic E-state index is 12.0. The minimum atomic E-state index is -0.859. The Hall–Kier alpha value is -1.20. The Morgan fingerprint density at radius 2 is 2.05 bits per heavy atom. The number of rotatable bonds is 8. The van der Waals surface area contributed by atoms with Crippen LogP contribution >= 0.6 is 0 Å². The van der Waals surface area contributed by atoms with E-state index in [1.54, 1.807) is 0 Å². The van der Waals surface area contributed by atoms with E-state index in [1.165, 1.54) is 0 Å². The lowest BCUT2D eigenvalue weighted by molar-refractivity contribution is -0.116. The SMILES string of the molecule is CC(C)C(C)S(=O)CCCC(=O)Nc1cccc(CN)c1. The van der Waals surface area contributed by atoms with Crippen LogP contribution in [0.2, 0.25) is 0 Å². The number of hydrogen-bond donors (Lipinski definition) is 2. The number of carbonyl (C=O) groups excluding carboxylic acids is 1. The molecular weight excluding hydrogens is 284 g/mol. The van der Waals surface area contributed by atoms with Crippen LogP contribution in [0, 0.1) is 5.92 Å². The second-order valence-electron chi connectivity index (χ2n) is 5.59. The molecule has 0 saturated heterocycles. The van der Waals surface area contributed by atoms with Crippen LogP contribution in [-0.4, -0.2) is 21.1 Å². The number of carbonyl (C=O) groups is 1. The van der Waals surface area contributed by atoms with Crippen molar-refractivity contribution in [3.8, 4) is 0 Å². The number of nitrogens with two attached hydrogens (primary N) is 1. The molecule has 0 fully saturated rings. The van der Waals surface area contributed by atoms with Crippen molar-refractivity contribution in [2.45, 2.75) is 45.4 Å². The molecule has 1 rings (SSSR count). The molecule has 0 heterocycles. The molecule has 1 aromatic carbocycles. The summed E-state index contributed by atoms with van der Waals surface area (Å²) < 4.78 is 12.0. The minimum Gasteiger partial charge on any atom is -0.326 e. The molecule has 0 radical (unpaired) electrons. The summed E-state index contributed by atoms with van der Waals surface area (Å²) >= 11 is 0. The van der Waals surface area contributed by atoms with E-state index in [0.717, 1.165) is 11.3 Å². The average Bonchev–Trinajstić information content (AvgIpc) is 2.46. The minimum absolute atomic E-state index is 0.0432. The van der Waals surface area contributed by atoms with Gasteiger partial charge in [0.15, 0.2) is 0 Å². The van der Waals surface area contributed by atoms with Crippen LogP contribution in [0.3, 0.4) is 0 Å². The number of amides is 1. The van der Waals surface area contributed by atoms with Crippen molar-refractivity contribution in [1.82, 2.24) is 0 Å². The van der Waals surface area contributed by atoms with Crippen LogP contribution in [-0.2, 0) is 22.1 Å². The molecule has 0 aromatic heterocycles. The Morgan fingerprint density at radius 3 is 2.67 bits per heavy atom. The zero-order chi connectivity index (χ0) is 15.8. The van der Waals surface area contributed by atoms with Gasteiger partial charge in [-0.15, -0.1) is 0 Å². The average molecular weight is 310 g/mol. The van der Waals surface area contributed by atoms with E-state index >= 15 is 0 Å². The van der Waals surface area contributed by atoms with Gasteiger partial charge in [0.1, 0.15) is 0 Å². The molecule has 5 heteroatoms. The third-order valence-corrected chi connectivity index (χ3v) is 5.61. The normalized spacial score (nSPS) is 14.0. The van der Waals surface area contributed by atoms with Crippen LogP contribution < -0.4 is 11.1 Å². The summed E-state index contributed by atoms with van der Waals surface area (Å²) in [5, 5.41) is 3.02. The highest BCUT2D eigenvalue weighted by atomic mass is 32.2. The van der Waals surface area contributed by atoms with Gasteiger partial charge in [-0.05, 0) is 30.0 Å². The van der Waals surface area contributed by atoms with Gasteiger partial charge >= 0.3 is 0 Å². The Labute approximate surface area is 130 Å². The maximum absolute atomic E-state index is 12.0. The third kappa shape index (κ3) is 6.40. The zero-order valence-corrected chi connectivity index (χ0v) is 13.9. The summed E-state index contributed by atoms with van der Waals surface area (Å²) in [6, 6.07) is 7.51. The van der Waals surface area contributed by atoms with Crippen LogP contribution in [0.1, 0.15) is 39.2 Å². The Bertz CT molecular complexity index is 489. The van der Waals surface area contributed by atoms with Crippen molar-refractivity contribution in [3.63, 3.8) is 0 Å². The molecule has 0 aliphatic carbocycles. The largest absolute Gasteiger partial charge is 0.326 e. The van der Waals surface area contributed by atoms with Gasteiger partial charge in [0.2, 0.25) is 5.91 Å². The lowest BCUT2D eigenvalue weighted by Crippen LogP contribution is -2.21. The van der Waals surface area contributed by atoms with E-state index in [4.69, 9.17) is 5.73 Å². The molecule has 0 aliphatic heterocycles. The highest BCUT2D eigenvalue weighted by Gasteiger charge is 2.15. The fourth-order valence-corrected chi connectivity index (χ4v) is 3.27. The van der Waals surface area contributed by atoms with Gasteiger partial charge in [-0.2, -0.15) is 0 Å². The first-order chi connectivity index (χ1) is 9.93. The summed E-state index contributed by atoms with van der Waals surface area (Å²) in [5.41, 5.74) is 7.32. The molecule has 0 bridgehead atoms. The van der Waals surface area contributed by atoms with E-state index in [-0.39, 0.29) is 11.2 Å². The van der Waals surface area contributed by atoms with Crippen molar-refractivity contribution in [2.75, 3.05) is 11.1 Å². The topological polar surface area (TPSA) is 72.2 Å². The lowest BCUT2D eigenvalue weighted by Gasteiger charge is -2.14. The van der Waals surface area contributed by atoms with Crippen molar-refractivity contribution >= 4 is 22.4 Å². The molecule has 1 amide bonds. The second-order valence-corrected chi connectivity index (χ2v) is 7.50. The predicted molar refractivity (Wildman–Crippen MR) is 89.5 cm³/mol. The van der Waals surface area contributed by atoms with Crippen LogP contribution in [0.25, 0.3) is 0 Å². The van der Waals surface area contributed by atoms with Gasteiger partial charge < -0.3 is 11.1 Å². The van der Waals surface area contributed by atoms with E-state index in [0.29, 0.717) is 31.1 Å². The van der Waals surface area contributed by atoms with Crippen molar-refractivity contribution in [3.05, 3.63) is 29.8 Å².